The van der Waals surface area contributed by atoms with Crippen LogP contribution < -0.4 is 0 Å². The van der Waals surface area contributed by atoms with E-state index in [1.165, 1.54) is 10.6 Å². The maximum Gasteiger partial charge on any atom is 0.237 e. The maximum absolute atomic E-state index is 12.3. The van der Waals surface area contributed by atoms with Gasteiger partial charge < -0.3 is 4.90 Å². The second-order valence-electron chi connectivity index (χ2n) is 5.60. The lowest BCUT2D eigenvalue weighted by Crippen LogP contribution is -2.43. The molecule has 1 rings (SSSR count). The third-order valence-corrected chi connectivity index (χ3v) is 5.00. The third-order valence-electron chi connectivity index (χ3n) is 3.75. The van der Waals surface area contributed by atoms with Gasteiger partial charge in [0.15, 0.2) is 0 Å². The van der Waals surface area contributed by atoms with Gasteiger partial charge in [0.05, 0.1) is 12.8 Å². The predicted molar refractivity (Wildman–Crippen MR) is 81.0 cm³/mol. The molecule has 20 heavy (non-hydrogen) atoms. The monoisotopic (exact) mass is 304 g/mol. The first-order chi connectivity index (χ1) is 9.45. The molecule has 118 valence electrons. The Morgan fingerprint density at radius 3 is 2.20 bits per heavy atom. The van der Waals surface area contributed by atoms with Crippen LogP contribution in [-0.4, -0.2) is 56.0 Å². The zero-order chi connectivity index (χ0) is 15.0. The van der Waals surface area contributed by atoms with E-state index in [1.54, 1.807) is 0 Å². The Morgan fingerprint density at radius 2 is 1.70 bits per heavy atom. The van der Waals surface area contributed by atoms with E-state index in [9.17, 15) is 13.2 Å². The molecule has 0 atom stereocenters. The number of hydrogen-bond acceptors (Lipinski definition) is 3. The molecule has 1 aliphatic rings. The van der Waals surface area contributed by atoms with Gasteiger partial charge in [0.1, 0.15) is 0 Å². The summed E-state index contributed by atoms with van der Waals surface area (Å²) in [7, 11) is -3.30. The quantitative estimate of drug-likeness (QED) is 0.674. The number of carbonyl (C=O) groups excluding carboxylic acids is 1. The van der Waals surface area contributed by atoms with Gasteiger partial charge in [-0.3, -0.25) is 4.79 Å². The van der Waals surface area contributed by atoms with E-state index in [1.807, 2.05) is 4.90 Å². The van der Waals surface area contributed by atoms with Crippen molar-refractivity contribution in [2.24, 2.45) is 0 Å². The molecule has 1 heterocycles. The van der Waals surface area contributed by atoms with Crippen LogP contribution in [0.15, 0.2) is 0 Å². The molecule has 1 amide bonds. The molecule has 0 bridgehead atoms. The van der Waals surface area contributed by atoms with Crippen molar-refractivity contribution in [3.8, 4) is 0 Å². The van der Waals surface area contributed by atoms with E-state index in [2.05, 4.69) is 6.92 Å². The van der Waals surface area contributed by atoms with Crippen molar-refractivity contribution in [1.82, 2.24) is 9.21 Å². The molecule has 0 saturated carbocycles. The van der Waals surface area contributed by atoms with Crippen LogP contribution in [0.5, 0.6) is 0 Å². The van der Waals surface area contributed by atoms with Crippen LogP contribution in [0.4, 0.5) is 0 Å². The fraction of sp³-hybridized carbons (Fsp3) is 0.929. The van der Waals surface area contributed by atoms with E-state index < -0.39 is 10.0 Å². The molecular weight excluding hydrogens is 276 g/mol. The molecule has 0 aliphatic carbocycles. The molecule has 0 aromatic carbocycles. The van der Waals surface area contributed by atoms with Crippen LogP contribution in [0.1, 0.15) is 51.9 Å². The maximum atomic E-state index is 12.3. The van der Waals surface area contributed by atoms with Crippen LogP contribution >= 0.6 is 0 Å². The summed E-state index contributed by atoms with van der Waals surface area (Å²) in [6.45, 7) is 4.07. The molecule has 0 aromatic rings. The number of sulfonamides is 1. The van der Waals surface area contributed by atoms with Crippen LogP contribution in [0, 0.1) is 0 Å². The highest BCUT2D eigenvalue weighted by Crippen LogP contribution is 2.11. The van der Waals surface area contributed by atoms with E-state index in [4.69, 9.17) is 0 Å². The van der Waals surface area contributed by atoms with Gasteiger partial charge in [-0.05, 0) is 19.3 Å². The normalized spacial score (nSPS) is 17.2. The number of rotatable bonds is 7. The minimum Gasteiger partial charge on any atom is -0.342 e. The van der Waals surface area contributed by atoms with E-state index in [0.29, 0.717) is 6.54 Å². The summed E-state index contributed by atoms with van der Waals surface area (Å²) in [5.41, 5.74) is 0. The highest BCUT2D eigenvalue weighted by molar-refractivity contribution is 7.88. The highest BCUT2D eigenvalue weighted by atomic mass is 32.2. The smallest absolute Gasteiger partial charge is 0.237 e. The van der Waals surface area contributed by atoms with Crippen LogP contribution in [0.3, 0.4) is 0 Å². The van der Waals surface area contributed by atoms with Gasteiger partial charge in [-0.15, -0.1) is 0 Å². The minimum atomic E-state index is -3.30. The molecule has 0 spiro atoms. The molecule has 0 aromatic heterocycles. The SMILES string of the molecule is CCCCCN(CC(=O)N1CCCCCC1)S(C)(=O)=O. The summed E-state index contributed by atoms with van der Waals surface area (Å²) in [4.78, 5) is 14.1. The molecule has 6 heteroatoms. The first-order valence-corrected chi connectivity index (χ1v) is 9.53. The van der Waals surface area contributed by atoms with Gasteiger partial charge in [0.25, 0.3) is 0 Å². The predicted octanol–water partition coefficient (Wildman–Crippen LogP) is 1.84. The molecule has 0 N–H and O–H groups in total. The van der Waals surface area contributed by atoms with E-state index in [-0.39, 0.29) is 12.5 Å². The molecule has 1 saturated heterocycles. The highest BCUT2D eigenvalue weighted by Gasteiger charge is 2.23. The van der Waals surface area contributed by atoms with Crippen LogP contribution in [0.2, 0.25) is 0 Å². The van der Waals surface area contributed by atoms with Gasteiger partial charge in [-0.1, -0.05) is 32.6 Å². The number of unbranched alkanes of at least 4 members (excludes halogenated alkanes) is 2. The number of likely N-dealkylation sites (tertiary alicyclic amines) is 1. The van der Waals surface area contributed by atoms with Crippen molar-refractivity contribution in [3.05, 3.63) is 0 Å². The Kier molecular flexibility index (Phi) is 7.51. The number of nitrogens with zero attached hydrogens (tertiary/aromatic N) is 2. The fourth-order valence-electron chi connectivity index (χ4n) is 2.47. The zero-order valence-corrected chi connectivity index (χ0v) is 13.6. The first-order valence-electron chi connectivity index (χ1n) is 7.68. The molecule has 1 aliphatic heterocycles. The van der Waals surface area contributed by atoms with Crippen molar-refractivity contribution in [2.45, 2.75) is 51.9 Å². The summed E-state index contributed by atoms with van der Waals surface area (Å²) in [5, 5.41) is 0. The number of hydrogen-bond donors (Lipinski definition) is 0. The Morgan fingerprint density at radius 1 is 1.10 bits per heavy atom. The largest absolute Gasteiger partial charge is 0.342 e. The summed E-state index contributed by atoms with van der Waals surface area (Å²) >= 11 is 0. The summed E-state index contributed by atoms with van der Waals surface area (Å²) in [6.07, 6.45) is 8.42. The molecule has 0 unspecified atom stereocenters. The Labute approximate surface area is 123 Å². The molecular formula is C14H28N2O3S. The van der Waals surface area contributed by atoms with Gasteiger partial charge in [0.2, 0.25) is 15.9 Å². The third kappa shape index (κ3) is 6.22. The molecule has 5 nitrogen and oxygen atoms in total. The summed E-state index contributed by atoms with van der Waals surface area (Å²) in [6, 6.07) is 0. The van der Waals surface area contributed by atoms with Crippen molar-refractivity contribution < 1.29 is 13.2 Å². The standard InChI is InChI=1S/C14H28N2O3S/c1-3-4-7-12-16(20(2,18)19)13-14(17)15-10-8-5-6-9-11-15/h3-13H2,1-2H3. The van der Waals surface area contributed by atoms with Crippen LogP contribution in [-0.2, 0) is 14.8 Å². The lowest BCUT2D eigenvalue weighted by atomic mass is 10.2. The number of carbonyl (C=O) groups is 1. The lowest BCUT2D eigenvalue weighted by molar-refractivity contribution is -0.131. The van der Waals surface area contributed by atoms with Crippen molar-refractivity contribution in [2.75, 3.05) is 32.4 Å². The second kappa shape index (κ2) is 8.62. The Bertz CT molecular complexity index is 387. The first kappa shape index (κ1) is 17.4. The van der Waals surface area contributed by atoms with Crippen molar-refractivity contribution >= 4 is 15.9 Å². The Balaban J connectivity index is 2.56. The average Bonchev–Trinajstić information content (AvgIpc) is 2.65. The Hall–Kier alpha value is -0.620. The van der Waals surface area contributed by atoms with Crippen molar-refractivity contribution in [1.29, 1.82) is 0 Å². The van der Waals surface area contributed by atoms with Crippen molar-refractivity contribution in [3.63, 3.8) is 0 Å². The summed E-state index contributed by atoms with van der Waals surface area (Å²) in [5.74, 6) is -0.0474. The summed E-state index contributed by atoms with van der Waals surface area (Å²) < 4.78 is 24.9. The van der Waals surface area contributed by atoms with Gasteiger partial charge in [0, 0.05) is 19.6 Å². The average molecular weight is 304 g/mol. The second-order valence-corrected chi connectivity index (χ2v) is 7.58. The topological polar surface area (TPSA) is 57.7 Å². The molecule has 1 fully saturated rings. The number of amides is 1. The van der Waals surface area contributed by atoms with Gasteiger partial charge >= 0.3 is 0 Å². The fourth-order valence-corrected chi connectivity index (χ4v) is 3.28. The molecule has 0 radical (unpaired) electrons. The van der Waals surface area contributed by atoms with Gasteiger partial charge in [-0.25, -0.2) is 8.42 Å². The van der Waals surface area contributed by atoms with Crippen LogP contribution in [0.25, 0.3) is 0 Å². The minimum absolute atomic E-state index is 0.00253. The lowest BCUT2D eigenvalue weighted by Gasteiger charge is -2.25. The van der Waals surface area contributed by atoms with Gasteiger partial charge in [-0.2, -0.15) is 4.31 Å². The van der Waals surface area contributed by atoms with E-state index >= 15 is 0 Å². The van der Waals surface area contributed by atoms with E-state index in [0.717, 1.165) is 58.0 Å². The zero-order valence-electron chi connectivity index (χ0n) is 12.8.